The molecule has 0 heterocycles. The molecule has 0 amide bonds. The van der Waals surface area contributed by atoms with Gasteiger partial charge in [0.05, 0.1) is 0 Å². The summed E-state index contributed by atoms with van der Waals surface area (Å²) in [5.74, 6) is -2.37. The van der Waals surface area contributed by atoms with Gasteiger partial charge in [-0.05, 0) is 56.7 Å². The molecule has 0 saturated heterocycles. The van der Waals surface area contributed by atoms with Crippen molar-refractivity contribution in [3.05, 3.63) is 59.7 Å². The molecule has 0 fully saturated rings. The van der Waals surface area contributed by atoms with Crippen LogP contribution in [0.5, 0.6) is 17.2 Å². The Morgan fingerprint density at radius 2 is 1.41 bits per heavy atom. The van der Waals surface area contributed by atoms with Gasteiger partial charge >= 0.3 is 23.9 Å². The zero-order valence-corrected chi connectivity index (χ0v) is 18.5. The van der Waals surface area contributed by atoms with Crippen molar-refractivity contribution in [2.75, 3.05) is 0 Å². The lowest BCUT2D eigenvalue weighted by molar-refractivity contribution is -0.134. The van der Waals surface area contributed by atoms with Crippen LogP contribution >= 0.6 is 0 Å². The third kappa shape index (κ3) is 7.71. The highest BCUT2D eigenvalue weighted by Crippen LogP contribution is 2.29. The van der Waals surface area contributed by atoms with E-state index in [0.29, 0.717) is 5.56 Å². The number of rotatable bonds is 6. The number of ether oxygens (including phenoxy) is 4. The van der Waals surface area contributed by atoms with Gasteiger partial charge in [-0.15, -0.1) is 0 Å². The monoisotopic (exact) mass is 440 g/mol. The second-order valence-corrected chi connectivity index (χ2v) is 7.65. The van der Waals surface area contributed by atoms with Gasteiger partial charge in [0.15, 0.2) is 11.5 Å². The molecule has 0 aliphatic heterocycles. The van der Waals surface area contributed by atoms with Gasteiger partial charge in [0, 0.05) is 19.9 Å². The van der Waals surface area contributed by atoms with E-state index in [1.54, 1.807) is 39.0 Å². The minimum atomic E-state index is -0.737. The maximum atomic E-state index is 12.4. The third-order valence-electron chi connectivity index (χ3n) is 3.60. The van der Waals surface area contributed by atoms with Crippen LogP contribution in [0.3, 0.4) is 0 Å². The maximum absolute atomic E-state index is 12.4. The molecule has 8 heteroatoms. The summed E-state index contributed by atoms with van der Waals surface area (Å²) >= 11 is 0. The fourth-order valence-corrected chi connectivity index (χ4v) is 2.47. The topological polar surface area (TPSA) is 105 Å². The van der Waals surface area contributed by atoms with Crippen molar-refractivity contribution < 1.29 is 38.1 Å². The molecule has 0 aromatic heterocycles. The summed E-state index contributed by atoms with van der Waals surface area (Å²) in [5, 5.41) is 0. The molecule has 0 bridgehead atoms. The number of hydrogen-bond acceptors (Lipinski definition) is 8. The number of benzene rings is 2. The van der Waals surface area contributed by atoms with Crippen LogP contribution in [0.2, 0.25) is 0 Å². The molecule has 8 nitrogen and oxygen atoms in total. The van der Waals surface area contributed by atoms with Crippen LogP contribution in [0.15, 0.2) is 48.5 Å². The second-order valence-electron chi connectivity index (χ2n) is 7.65. The van der Waals surface area contributed by atoms with E-state index in [-0.39, 0.29) is 22.8 Å². The average Bonchev–Trinajstić information content (AvgIpc) is 2.66. The van der Waals surface area contributed by atoms with E-state index in [1.807, 2.05) is 0 Å². The van der Waals surface area contributed by atoms with Gasteiger partial charge in [-0.1, -0.05) is 18.2 Å². The number of esters is 4. The number of hydrogen-bond donors (Lipinski definition) is 0. The van der Waals surface area contributed by atoms with E-state index in [2.05, 4.69) is 0 Å². The van der Waals surface area contributed by atoms with E-state index in [0.717, 1.165) is 6.08 Å². The SMILES string of the molecule is CC(=O)Oc1ccc(/C=C/C(=O)Oc2ccccc2C(=O)OC(C)(C)C)cc1OC(C)=O. The molecular weight excluding hydrogens is 416 g/mol. The zero-order chi connectivity index (χ0) is 23.9. The van der Waals surface area contributed by atoms with Gasteiger partial charge in [0.1, 0.15) is 16.9 Å². The van der Waals surface area contributed by atoms with Crippen LogP contribution in [-0.2, 0) is 19.1 Å². The molecule has 0 atom stereocenters. The number of para-hydroxylation sites is 1. The normalized spacial score (nSPS) is 11.0. The highest BCUT2D eigenvalue weighted by atomic mass is 16.6. The van der Waals surface area contributed by atoms with Crippen LogP contribution in [0.4, 0.5) is 0 Å². The number of carbonyl (C=O) groups excluding carboxylic acids is 4. The summed E-state index contributed by atoms with van der Waals surface area (Å²) in [6, 6.07) is 10.7. The Bertz CT molecular complexity index is 1060. The number of carbonyl (C=O) groups is 4. The molecule has 0 aliphatic carbocycles. The molecule has 0 saturated carbocycles. The van der Waals surface area contributed by atoms with E-state index < -0.39 is 29.5 Å². The second kappa shape index (κ2) is 10.4. The molecule has 2 rings (SSSR count). The summed E-state index contributed by atoms with van der Waals surface area (Å²) < 4.78 is 20.7. The van der Waals surface area contributed by atoms with Gasteiger partial charge in [-0.2, -0.15) is 0 Å². The maximum Gasteiger partial charge on any atom is 0.342 e. The molecule has 32 heavy (non-hydrogen) atoms. The molecule has 0 spiro atoms. The predicted molar refractivity (Wildman–Crippen MR) is 115 cm³/mol. The molecule has 0 unspecified atom stereocenters. The Kier molecular flexibility index (Phi) is 7.90. The first-order valence-corrected chi connectivity index (χ1v) is 9.68. The van der Waals surface area contributed by atoms with Gasteiger partial charge in [-0.25, -0.2) is 9.59 Å². The van der Waals surface area contributed by atoms with Gasteiger partial charge < -0.3 is 18.9 Å². The standard InChI is InChI=1S/C24H24O8/c1-15(25)29-20-12-10-17(14-21(20)30-16(2)26)11-13-22(27)31-19-9-7-6-8-18(19)23(28)32-24(3,4)5/h6-14H,1-5H3/b13-11+. The Hall–Kier alpha value is -3.94. The third-order valence-corrected chi connectivity index (χ3v) is 3.60. The van der Waals surface area contributed by atoms with E-state index in [9.17, 15) is 19.2 Å². The van der Waals surface area contributed by atoms with Crippen molar-refractivity contribution in [3.8, 4) is 17.2 Å². The quantitative estimate of drug-likeness (QED) is 0.375. The van der Waals surface area contributed by atoms with Crippen LogP contribution < -0.4 is 14.2 Å². The van der Waals surface area contributed by atoms with Crippen molar-refractivity contribution in [2.45, 2.75) is 40.2 Å². The highest BCUT2D eigenvalue weighted by Gasteiger charge is 2.21. The minimum Gasteiger partial charge on any atom is -0.456 e. The van der Waals surface area contributed by atoms with Crippen molar-refractivity contribution in [2.24, 2.45) is 0 Å². The Morgan fingerprint density at radius 1 is 0.781 bits per heavy atom. The summed E-state index contributed by atoms with van der Waals surface area (Å²) in [5.41, 5.74) is -0.104. The Morgan fingerprint density at radius 3 is 2.03 bits per heavy atom. The molecule has 0 N–H and O–H groups in total. The van der Waals surface area contributed by atoms with Crippen molar-refractivity contribution in [3.63, 3.8) is 0 Å². The van der Waals surface area contributed by atoms with Gasteiger partial charge in [0.2, 0.25) is 0 Å². The lowest BCUT2D eigenvalue weighted by atomic mass is 10.1. The van der Waals surface area contributed by atoms with Gasteiger partial charge in [-0.3, -0.25) is 9.59 Å². The largest absolute Gasteiger partial charge is 0.456 e. The molecule has 2 aromatic rings. The first kappa shape index (κ1) is 24.3. The summed E-state index contributed by atoms with van der Waals surface area (Å²) in [4.78, 5) is 47.2. The summed E-state index contributed by atoms with van der Waals surface area (Å²) in [7, 11) is 0. The van der Waals surface area contributed by atoms with E-state index in [4.69, 9.17) is 18.9 Å². The van der Waals surface area contributed by atoms with Crippen LogP contribution in [0.25, 0.3) is 6.08 Å². The molecule has 0 radical (unpaired) electrons. The van der Waals surface area contributed by atoms with E-state index in [1.165, 1.54) is 44.2 Å². The Labute approximate surface area is 185 Å². The van der Waals surface area contributed by atoms with Crippen molar-refractivity contribution in [1.82, 2.24) is 0 Å². The lowest BCUT2D eigenvalue weighted by Crippen LogP contribution is -2.24. The van der Waals surface area contributed by atoms with E-state index >= 15 is 0 Å². The van der Waals surface area contributed by atoms with Gasteiger partial charge in [0.25, 0.3) is 0 Å². The average molecular weight is 440 g/mol. The Balaban J connectivity index is 2.18. The first-order valence-electron chi connectivity index (χ1n) is 9.68. The smallest absolute Gasteiger partial charge is 0.342 e. The predicted octanol–water partition coefficient (Wildman–Crippen LogP) is 4.11. The fraction of sp³-hybridized carbons (Fsp3) is 0.250. The first-order chi connectivity index (χ1) is 14.9. The zero-order valence-electron chi connectivity index (χ0n) is 18.5. The highest BCUT2D eigenvalue weighted by molar-refractivity contribution is 5.95. The molecule has 2 aromatic carbocycles. The summed E-state index contributed by atoms with van der Waals surface area (Å²) in [6.45, 7) is 7.63. The van der Waals surface area contributed by atoms with Crippen LogP contribution in [0.1, 0.15) is 50.5 Å². The lowest BCUT2D eigenvalue weighted by Gasteiger charge is -2.20. The summed E-state index contributed by atoms with van der Waals surface area (Å²) in [6.07, 6.45) is 2.56. The van der Waals surface area contributed by atoms with Crippen LogP contribution in [0, 0.1) is 0 Å². The van der Waals surface area contributed by atoms with Crippen LogP contribution in [-0.4, -0.2) is 29.5 Å². The molecule has 0 aliphatic rings. The van der Waals surface area contributed by atoms with Crippen molar-refractivity contribution in [1.29, 1.82) is 0 Å². The van der Waals surface area contributed by atoms with Crippen molar-refractivity contribution >= 4 is 30.0 Å². The fourth-order valence-electron chi connectivity index (χ4n) is 2.47. The minimum absolute atomic E-state index is 0.0264. The molecule has 168 valence electrons. The molecular formula is C24H24O8.